The van der Waals surface area contributed by atoms with Crippen LogP contribution in [0.3, 0.4) is 0 Å². The highest BCUT2D eigenvalue weighted by molar-refractivity contribution is 7.85. The topological polar surface area (TPSA) is 68.3 Å². The van der Waals surface area contributed by atoms with E-state index in [2.05, 4.69) is 0 Å². The molecule has 0 N–H and O–H groups in total. The maximum Gasteiger partial charge on any atom is 0.218 e. The molecule has 1 rings (SSSR count). The van der Waals surface area contributed by atoms with E-state index in [0.717, 1.165) is 0 Å². The van der Waals surface area contributed by atoms with Gasteiger partial charge in [0.05, 0.1) is 9.73 Å². The molecule has 0 unspecified atom stereocenters. The number of hydrogen-bond donors (Lipinski definition) is 0. The van der Waals surface area contributed by atoms with Gasteiger partial charge in [0.25, 0.3) is 0 Å². The van der Waals surface area contributed by atoms with E-state index in [1.165, 1.54) is 0 Å². The molecule has 0 spiro atoms. The molecule has 0 aliphatic heterocycles. The van der Waals surface area contributed by atoms with E-state index in [0.29, 0.717) is 0 Å². The zero-order valence-corrected chi connectivity index (χ0v) is 5.79. The molecule has 1 fully saturated rings. The highest BCUT2D eigenvalue weighted by Crippen LogP contribution is 2.07. The molecule has 0 aromatic rings. The Morgan fingerprint density at radius 2 is 1.22 bits per heavy atom. The molecule has 0 aromatic carbocycles. The fraction of sp³-hybridized carbons (Fsp3) is 0.333. The molecule has 0 aromatic heterocycles. The zero-order chi connectivity index (χ0) is 7.02. The summed E-state index contributed by atoms with van der Waals surface area (Å²) in [6.07, 6.45) is 0.103. The van der Waals surface area contributed by atoms with Crippen LogP contribution in [-0.4, -0.2) is 26.6 Å². The van der Waals surface area contributed by atoms with Crippen molar-refractivity contribution < 1.29 is 16.8 Å². The summed E-state index contributed by atoms with van der Waals surface area (Å²) in [7, 11) is -4.64. The monoisotopic (exact) mass is 166 g/mol. The first-order valence-corrected chi connectivity index (χ1v) is 4.18. The van der Waals surface area contributed by atoms with Crippen molar-refractivity contribution in [3.63, 3.8) is 0 Å². The van der Waals surface area contributed by atoms with Gasteiger partial charge in [0.2, 0.25) is 20.6 Å². The first-order valence-electron chi connectivity index (χ1n) is 2.03. The fourth-order valence-corrected chi connectivity index (χ4v) is 1.80. The smallest absolute Gasteiger partial charge is 0.184 e. The minimum absolute atomic E-state index is 0.0170. The largest absolute Gasteiger partial charge is 0.218 e. The molecule has 1 aliphatic rings. The van der Waals surface area contributed by atoms with Crippen LogP contribution >= 0.6 is 0 Å². The molecule has 0 bridgehead atoms. The first kappa shape index (κ1) is 6.50. The van der Waals surface area contributed by atoms with Crippen LogP contribution in [0.25, 0.3) is 0 Å². The van der Waals surface area contributed by atoms with Crippen molar-refractivity contribution in [1.82, 2.24) is 0 Å². The Labute approximate surface area is 54.2 Å². The quantitative estimate of drug-likeness (QED) is 0.410. The lowest BCUT2D eigenvalue weighted by molar-refractivity contribution is 0.625. The molecular formula is C3H2O4S2. The van der Waals surface area contributed by atoms with E-state index in [4.69, 9.17) is 0 Å². The minimum Gasteiger partial charge on any atom is -0.184 e. The maximum atomic E-state index is 9.95. The number of hydrogen-bond acceptors (Lipinski definition) is 4. The molecule has 9 heavy (non-hydrogen) atoms. The van der Waals surface area contributed by atoms with Gasteiger partial charge in [-0.05, 0) is 0 Å². The van der Waals surface area contributed by atoms with Crippen molar-refractivity contribution in [2.75, 3.05) is 0 Å². The highest BCUT2D eigenvalue weighted by Gasteiger charge is 2.29. The van der Waals surface area contributed by atoms with Gasteiger partial charge in [0.1, 0.15) is 0 Å². The third-order valence-electron chi connectivity index (χ3n) is 0.909. The van der Waals surface area contributed by atoms with Crippen LogP contribution in [0, 0.1) is 0 Å². The molecule has 1 saturated carbocycles. The minimum atomic E-state index is -2.32. The van der Waals surface area contributed by atoms with Crippen LogP contribution in [0.1, 0.15) is 6.42 Å². The first-order chi connectivity index (χ1) is 4.13. The predicted octanol–water partition coefficient (Wildman–Crippen LogP) is -1.51. The summed E-state index contributed by atoms with van der Waals surface area (Å²) in [6, 6.07) is 0. The molecule has 6 heteroatoms. The fourth-order valence-electron chi connectivity index (χ4n) is 0.405. The average Bonchev–Trinajstić information content (AvgIpc) is 2.39. The van der Waals surface area contributed by atoms with Crippen LogP contribution in [0.4, 0.5) is 0 Å². The van der Waals surface area contributed by atoms with Crippen LogP contribution in [0.15, 0.2) is 0 Å². The van der Waals surface area contributed by atoms with E-state index in [1.807, 2.05) is 0 Å². The normalized spacial score (nSPS) is 15.6. The van der Waals surface area contributed by atoms with Crippen molar-refractivity contribution in [2.24, 2.45) is 0 Å². The van der Waals surface area contributed by atoms with Gasteiger partial charge >= 0.3 is 0 Å². The van der Waals surface area contributed by atoms with Crippen LogP contribution in [0.5, 0.6) is 0 Å². The SMILES string of the molecule is O=S(=O)=C1CC1=S(=O)=O. The van der Waals surface area contributed by atoms with E-state index in [1.54, 1.807) is 0 Å². The van der Waals surface area contributed by atoms with Gasteiger partial charge in [0.15, 0.2) is 0 Å². The van der Waals surface area contributed by atoms with Crippen molar-refractivity contribution in [3.05, 3.63) is 0 Å². The highest BCUT2D eigenvalue weighted by atomic mass is 32.2. The summed E-state index contributed by atoms with van der Waals surface area (Å²) in [4.78, 5) is 0.0340. The van der Waals surface area contributed by atoms with E-state index < -0.39 is 20.6 Å². The van der Waals surface area contributed by atoms with E-state index >= 15 is 0 Å². The summed E-state index contributed by atoms with van der Waals surface area (Å²) in [6.45, 7) is 0. The summed E-state index contributed by atoms with van der Waals surface area (Å²) in [5, 5.41) is 0. The van der Waals surface area contributed by atoms with Crippen molar-refractivity contribution in [1.29, 1.82) is 0 Å². The van der Waals surface area contributed by atoms with Crippen LogP contribution < -0.4 is 0 Å². The second-order valence-corrected chi connectivity index (χ2v) is 3.42. The lowest BCUT2D eigenvalue weighted by Crippen LogP contribution is -1.75. The second kappa shape index (κ2) is 1.96. The van der Waals surface area contributed by atoms with Gasteiger partial charge in [-0.3, -0.25) is 0 Å². The van der Waals surface area contributed by atoms with Gasteiger partial charge in [0, 0.05) is 6.42 Å². The zero-order valence-electron chi connectivity index (χ0n) is 4.16. The molecule has 0 amide bonds. The Bertz CT molecular complexity index is 337. The van der Waals surface area contributed by atoms with E-state index in [9.17, 15) is 16.8 Å². The van der Waals surface area contributed by atoms with Crippen molar-refractivity contribution >= 4 is 30.3 Å². The molecule has 1 aliphatic carbocycles. The van der Waals surface area contributed by atoms with Gasteiger partial charge in [-0.25, -0.2) is 0 Å². The predicted molar refractivity (Wildman–Crippen MR) is 32.5 cm³/mol. The lowest BCUT2D eigenvalue weighted by atomic mass is 11.0. The van der Waals surface area contributed by atoms with Gasteiger partial charge < -0.3 is 0 Å². The second-order valence-electron chi connectivity index (χ2n) is 1.49. The third kappa shape index (κ3) is 1.19. The molecule has 4 nitrogen and oxygen atoms in total. The average molecular weight is 166 g/mol. The third-order valence-corrected chi connectivity index (χ3v) is 2.62. The summed E-state index contributed by atoms with van der Waals surface area (Å²) >= 11 is 0. The van der Waals surface area contributed by atoms with Crippen molar-refractivity contribution in [2.45, 2.75) is 6.42 Å². The number of rotatable bonds is 0. The van der Waals surface area contributed by atoms with Crippen molar-refractivity contribution in [3.8, 4) is 0 Å². The Balaban J connectivity index is 3.45. The Morgan fingerprint density at radius 3 is 1.33 bits per heavy atom. The Kier molecular flexibility index (Phi) is 1.42. The summed E-state index contributed by atoms with van der Waals surface area (Å²) < 4.78 is 39.8. The molecule has 0 radical (unpaired) electrons. The standard InChI is InChI=1S/C3H2O4S2/c4-8(5)2-1-3(2)9(6)7/h1H2. The molecule has 0 heterocycles. The maximum absolute atomic E-state index is 9.95. The summed E-state index contributed by atoms with van der Waals surface area (Å²) in [5.41, 5.74) is 0. The molecular weight excluding hydrogens is 164 g/mol. The molecule has 50 valence electrons. The summed E-state index contributed by atoms with van der Waals surface area (Å²) in [5.74, 6) is 0. The van der Waals surface area contributed by atoms with E-state index in [-0.39, 0.29) is 16.1 Å². The Hall–Kier alpha value is -0.620. The van der Waals surface area contributed by atoms with Crippen LogP contribution in [-0.2, 0) is 20.6 Å². The Morgan fingerprint density at radius 1 is 0.889 bits per heavy atom. The van der Waals surface area contributed by atoms with Gasteiger partial charge in [-0.1, -0.05) is 0 Å². The van der Waals surface area contributed by atoms with Gasteiger partial charge in [-0.2, -0.15) is 16.8 Å². The van der Waals surface area contributed by atoms with Crippen LogP contribution in [0.2, 0.25) is 0 Å². The van der Waals surface area contributed by atoms with Gasteiger partial charge in [-0.15, -0.1) is 0 Å². The molecule has 0 saturated heterocycles. The lowest BCUT2D eigenvalue weighted by Gasteiger charge is -1.46. The molecule has 0 atom stereocenters.